The van der Waals surface area contributed by atoms with Gasteiger partial charge in [-0.2, -0.15) is 0 Å². The molecule has 1 aromatic rings. The van der Waals surface area contributed by atoms with Gasteiger partial charge in [0.05, 0.1) is 13.4 Å². The zero-order chi connectivity index (χ0) is 7.56. The summed E-state index contributed by atoms with van der Waals surface area (Å²) in [6, 6.07) is 0. The molecule has 0 saturated carbocycles. The minimum absolute atomic E-state index is 0.579. The quantitative estimate of drug-likeness (QED) is 0.625. The number of rotatable bonds is 1. The fourth-order valence-corrected chi connectivity index (χ4v) is 0.809. The Morgan fingerprint density at radius 3 is 2.90 bits per heavy atom. The Kier molecular flexibility index (Phi) is 2.01. The molecule has 0 bridgehead atoms. The smallest absolute Gasteiger partial charge is 0.197 e. The number of hydrogen-bond acceptors (Lipinski definition) is 3. The lowest BCUT2D eigenvalue weighted by molar-refractivity contribution is 0.393. The molecular formula is C6H8N2OS. The zero-order valence-corrected chi connectivity index (χ0v) is 6.66. The van der Waals surface area contributed by atoms with Crippen molar-refractivity contribution in [3.63, 3.8) is 0 Å². The number of aromatic nitrogens is 2. The number of nitrogens with one attached hydrogen (secondary N) is 1. The molecule has 0 spiro atoms. The molecule has 0 aromatic carbocycles. The largest absolute Gasteiger partial charge is 0.482 e. The fraction of sp³-hybridized carbons (Fsp3) is 0.333. The molecule has 1 heterocycles. The minimum Gasteiger partial charge on any atom is -0.482 e. The highest BCUT2D eigenvalue weighted by Crippen LogP contribution is 2.10. The van der Waals surface area contributed by atoms with Crippen LogP contribution in [0.5, 0.6) is 5.88 Å². The first-order valence-corrected chi connectivity index (χ1v) is 3.25. The molecule has 0 unspecified atom stereocenters. The molecule has 0 aliphatic carbocycles. The van der Waals surface area contributed by atoms with Gasteiger partial charge in [0.1, 0.15) is 4.64 Å². The first-order chi connectivity index (χ1) is 4.75. The van der Waals surface area contributed by atoms with E-state index in [1.807, 2.05) is 6.92 Å². The van der Waals surface area contributed by atoms with Gasteiger partial charge in [-0.1, -0.05) is 12.2 Å². The van der Waals surface area contributed by atoms with Crippen molar-refractivity contribution in [2.24, 2.45) is 0 Å². The number of aromatic amines is 1. The first kappa shape index (κ1) is 7.21. The van der Waals surface area contributed by atoms with Gasteiger partial charge in [0.2, 0.25) is 0 Å². The summed E-state index contributed by atoms with van der Waals surface area (Å²) in [7, 11) is 1.59. The van der Waals surface area contributed by atoms with Crippen LogP contribution in [0.3, 0.4) is 0 Å². The number of ether oxygens (including phenoxy) is 1. The molecule has 4 heteroatoms. The SMILES string of the molecule is COc1[nH]cnc(=S)c1C. The van der Waals surface area contributed by atoms with Crippen LogP contribution in [-0.4, -0.2) is 17.1 Å². The van der Waals surface area contributed by atoms with Gasteiger partial charge in [-0.25, -0.2) is 4.98 Å². The third kappa shape index (κ3) is 1.16. The van der Waals surface area contributed by atoms with Gasteiger partial charge in [-0.05, 0) is 6.92 Å². The molecule has 54 valence electrons. The number of methoxy groups -OCH3 is 1. The third-order valence-corrected chi connectivity index (χ3v) is 1.65. The van der Waals surface area contributed by atoms with Crippen molar-refractivity contribution in [3.05, 3.63) is 16.5 Å². The third-order valence-electron chi connectivity index (χ3n) is 1.24. The second-order valence-corrected chi connectivity index (χ2v) is 2.25. The summed E-state index contributed by atoms with van der Waals surface area (Å²) in [4.78, 5) is 6.69. The van der Waals surface area contributed by atoms with E-state index >= 15 is 0 Å². The van der Waals surface area contributed by atoms with E-state index < -0.39 is 0 Å². The Bertz CT molecular complexity index is 281. The molecule has 1 rings (SSSR count). The summed E-state index contributed by atoms with van der Waals surface area (Å²) in [5.41, 5.74) is 0.875. The molecule has 0 saturated heterocycles. The topological polar surface area (TPSA) is 37.9 Å². The van der Waals surface area contributed by atoms with Crippen molar-refractivity contribution in [2.75, 3.05) is 7.11 Å². The predicted octanol–water partition coefficient (Wildman–Crippen LogP) is 1.46. The number of nitrogens with zero attached hydrogens (tertiary/aromatic N) is 1. The van der Waals surface area contributed by atoms with Gasteiger partial charge in [-0.3, -0.25) is 0 Å². The summed E-state index contributed by atoms with van der Waals surface area (Å²) in [5.74, 6) is 0.681. The average molecular weight is 156 g/mol. The van der Waals surface area contributed by atoms with Crippen LogP contribution >= 0.6 is 12.2 Å². The van der Waals surface area contributed by atoms with Crippen LogP contribution in [0.25, 0.3) is 0 Å². The number of hydrogen-bond donors (Lipinski definition) is 1. The van der Waals surface area contributed by atoms with Crippen LogP contribution in [-0.2, 0) is 0 Å². The summed E-state index contributed by atoms with van der Waals surface area (Å²) in [6.07, 6.45) is 1.52. The first-order valence-electron chi connectivity index (χ1n) is 2.84. The Balaban J connectivity index is 3.28. The lowest BCUT2D eigenvalue weighted by Crippen LogP contribution is -1.92. The molecule has 0 aliphatic heterocycles. The molecule has 0 amide bonds. The number of H-pyrrole nitrogens is 1. The van der Waals surface area contributed by atoms with E-state index in [9.17, 15) is 0 Å². The van der Waals surface area contributed by atoms with Gasteiger partial charge in [0, 0.05) is 5.56 Å². The normalized spacial score (nSPS) is 9.40. The van der Waals surface area contributed by atoms with E-state index in [1.54, 1.807) is 7.11 Å². The van der Waals surface area contributed by atoms with Crippen LogP contribution in [0.4, 0.5) is 0 Å². The van der Waals surface area contributed by atoms with E-state index in [-0.39, 0.29) is 0 Å². The maximum Gasteiger partial charge on any atom is 0.197 e. The van der Waals surface area contributed by atoms with E-state index in [4.69, 9.17) is 17.0 Å². The van der Waals surface area contributed by atoms with Gasteiger partial charge >= 0.3 is 0 Å². The molecular weight excluding hydrogens is 148 g/mol. The van der Waals surface area contributed by atoms with Crippen molar-refractivity contribution < 1.29 is 4.74 Å². The highest BCUT2D eigenvalue weighted by molar-refractivity contribution is 7.71. The standard InChI is InChI=1S/C6H8N2OS/c1-4-5(9-2)7-3-8-6(4)10/h3H,1-2H3,(H,7,8,10). The highest BCUT2D eigenvalue weighted by Gasteiger charge is 1.96. The fourth-order valence-electron chi connectivity index (χ4n) is 0.664. The van der Waals surface area contributed by atoms with Gasteiger partial charge in [-0.15, -0.1) is 0 Å². The Labute approximate surface area is 64.1 Å². The second-order valence-electron chi connectivity index (χ2n) is 1.87. The highest BCUT2D eigenvalue weighted by atomic mass is 32.1. The second kappa shape index (κ2) is 2.79. The molecule has 10 heavy (non-hydrogen) atoms. The van der Waals surface area contributed by atoms with Crippen LogP contribution in [0.2, 0.25) is 0 Å². The molecule has 0 radical (unpaired) electrons. The Morgan fingerprint density at radius 2 is 2.40 bits per heavy atom. The van der Waals surface area contributed by atoms with Crippen LogP contribution < -0.4 is 4.74 Å². The predicted molar refractivity (Wildman–Crippen MR) is 40.7 cm³/mol. The van der Waals surface area contributed by atoms with Gasteiger partial charge in [0.25, 0.3) is 0 Å². The van der Waals surface area contributed by atoms with E-state index in [0.717, 1.165) is 5.56 Å². The Hall–Kier alpha value is -0.900. The molecule has 1 N–H and O–H groups in total. The lowest BCUT2D eigenvalue weighted by atomic mass is 10.4. The van der Waals surface area contributed by atoms with Crippen LogP contribution in [0.1, 0.15) is 5.56 Å². The molecule has 1 aromatic heterocycles. The molecule has 3 nitrogen and oxygen atoms in total. The van der Waals surface area contributed by atoms with E-state index in [2.05, 4.69) is 9.97 Å². The summed E-state index contributed by atoms with van der Waals surface area (Å²) in [6.45, 7) is 1.87. The monoisotopic (exact) mass is 156 g/mol. The van der Waals surface area contributed by atoms with E-state index in [1.165, 1.54) is 6.33 Å². The summed E-state index contributed by atoms with van der Waals surface area (Å²) < 4.78 is 5.54. The maximum atomic E-state index is 4.96. The van der Waals surface area contributed by atoms with Crippen molar-refractivity contribution >= 4 is 12.2 Å². The minimum atomic E-state index is 0.579. The van der Waals surface area contributed by atoms with Crippen molar-refractivity contribution in [1.29, 1.82) is 0 Å². The maximum absolute atomic E-state index is 4.96. The molecule has 0 fully saturated rings. The van der Waals surface area contributed by atoms with Gasteiger partial charge < -0.3 is 9.72 Å². The van der Waals surface area contributed by atoms with Crippen LogP contribution in [0.15, 0.2) is 6.33 Å². The zero-order valence-electron chi connectivity index (χ0n) is 5.84. The average Bonchev–Trinajstić information content (AvgIpc) is 1.95. The van der Waals surface area contributed by atoms with Crippen molar-refractivity contribution in [1.82, 2.24) is 9.97 Å². The lowest BCUT2D eigenvalue weighted by Gasteiger charge is -2.00. The summed E-state index contributed by atoms with van der Waals surface area (Å²) >= 11 is 4.90. The Morgan fingerprint density at radius 1 is 1.70 bits per heavy atom. The van der Waals surface area contributed by atoms with Gasteiger partial charge in [0.15, 0.2) is 5.88 Å². The van der Waals surface area contributed by atoms with Crippen molar-refractivity contribution in [2.45, 2.75) is 6.92 Å². The van der Waals surface area contributed by atoms with E-state index in [0.29, 0.717) is 10.5 Å². The molecule has 0 aliphatic rings. The van der Waals surface area contributed by atoms with Crippen LogP contribution in [0, 0.1) is 11.6 Å². The summed E-state index contributed by atoms with van der Waals surface area (Å²) in [5, 5.41) is 0. The molecule has 0 atom stereocenters. The van der Waals surface area contributed by atoms with Crippen molar-refractivity contribution in [3.8, 4) is 5.88 Å².